The highest BCUT2D eigenvalue weighted by Gasteiger charge is 2.09. The summed E-state index contributed by atoms with van der Waals surface area (Å²) in [5.74, 6) is 0. The van der Waals surface area contributed by atoms with Gasteiger partial charge in [0.15, 0.2) is 9.84 Å². The molecular formula is C17H16N2O2S. The van der Waals surface area contributed by atoms with Crippen molar-refractivity contribution in [2.24, 2.45) is 0 Å². The van der Waals surface area contributed by atoms with Gasteiger partial charge in [-0.1, -0.05) is 6.07 Å². The van der Waals surface area contributed by atoms with E-state index in [2.05, 4.69) is 4.98 Å². The summed E-state index contributed by atoms with van der Waals surface area (Å²) in [6.45, 7) is 2.00. The van der Waals surface area contributed by atoms with E-state index in [4.69, 9.17) is 0 Å². The van der Waals surface area contributed by atoms with Crippen LogP contribution < -0.4 is 0 Å². The Labute approximate surface area is 130 Å². The summed E-state index contributed by atoms with van der Waals surface area (Å²) in [6, 6.07) is 14.8. The van der Waals surface area contributed by atoms with Gasteiger partial charge in [-0.2, -0.15) is 0 Å². The summed E-state index contributed by atoms with van der Waals surface area (Å²) >= 11 is 0. The third-order valence-electron chi connectivity index (χ3n) is 3.47. The largest absolute Gasteiger partial charge is 0.315 e. The lowest BCUT2D eigenvalue weighted by molar-refractivity contribution is 0.602. The Kier molecular flexibility index (Phi) is 3.58. The van der Waals surface area contributed by atoms with Gasteiger partial charge in [-0.15, -0.1) is 0 Å². The first kappa shape index (κ1) is 14.5. The predicted octanol–water partition coefficient (Wildman–Crippen LogP) is 3.25. The molecule has 0 atom stereocenters. The fourth-order valence-corrected chi connectivity index (χ4v) is 2.92. The molecule has 3 aromatic rings. The summed E-state index contributed by atoms with van der Waals surface area (Å²) < 4.78 is 25.1. The highest BCUT2D eigenvalue weighted by atomic mass is 32.2. The van der Waals surface area contributed by atoms with E-state index in [0.717, 1.165) is 22.6 Å². The minimum atomic E-state index is -3.18. The van der Waals surface area contributed by atoms with Gasteiger partial charge < -0.3 is 4.57 Å². The fourth-order valence-electron chi connectivity index (χ4n) is 2.29. The SMILES string of the molecule is Cc1ccc(-c2cccn2-c2ccc(S(C)(=O)=O)cc2)nc1. The Morgan fingerprint density at radius 1 is 1.00 bits per heavy atom. The Hall–Kier alpha value is -2.40. The second-order valence-corrected chi connectivity index (χ2v) is 7.27. The van der Waals surface area contributed by atoms with Crippen molar-refractivity contribution in [3.8, 4) is 17.1 Å². The van der Waals surface area contributed by atoms with E-state index in [1.807, 2.05) is 48.1 Å². The molecule has 3 rings (SSSR count). The van der Waals surface area contributed by atoms with Gasteiger partial charge in [0.25, 0.3) is 0 Å². The molecule has 4 nitrogen and oxygen atoms in total. The van der Waals surface area contributed by atoms with Crippen LogP contribution in [0, 0.1) is 6.92 Å². The first-order valence-electron chi connectivity index (χ1n) is 6.86. The van der Waals surface area contributed by atoms with Crippen LogP contribution in [0.15, 0.2) is 65.8 Å². The molecule has 0 aliphatic rings. The topological polar surface area (TPSA) is 52.0 Å². The maximum Gasteiger partial charge on any atom is 0.175 e. The smallest absolute Gasteiger partial charge is 0.175 e. The van der Waals surface area contributed by atoms with E-state index in [1.54, 1.807) is 24.3 Å². The second kappa shape index (κ2) is 5.42. The average molecular weight is 312 g/mol. The van der Waals surface area contributed by atoms with Crippen molar-refractivity contribution >= 4 is 9.84 Å². The van der Waals surface area contributed by atoms with Crippen LogP contribution >= 0.6 is 0 Å². The fraction of sp³-hybridized carbons (Fsp3) is 0.118. The first-order valence-corrected chi connectivity index (χ1v) is 8.75. The van der Waals surface area contributed by atoms with Gasteiger partial charge in [0, 0.05) is 24.3 Å². The van der Waals surface area contributed by atoms with Gasteiger partial charge in [0.2, 0.25) is 0 Å². The van der Waals surface area contributed by atoms with E-state index in [0.29, 0.717) is 4.90 Å². The standard InChI is InChI=1S/C17H16N2O2S/c1-13-5-10-16(18-12-13)17-4-3-11-19(17)14-6-8-15(9-7-14)22(2,20)21/h3-12H,1-2H3. The van der Waals surface area contributed by atoms with Gasteiger partial charge in [-0.25, -0.2) is 8.42 Å². The lowest BCUT2D eigenvalue weighted by Crippen LogP contribution is -1.99. The van der Waals surface area contributed by atoms with Gasteiger partial charge in [-0.05, 0) is 55.0 Å². The third kappa shape index (κ3) is 2.80. The lowest BCUT2D eigenvalue weighted by atomic mass is 10.2. The van der Waals surface area contributed by atoms with Crippen LogP contribution in [0.4, 0.5) is 0 Å². The molecule has 0 fully saturated rings. The quantitative estimate of drug-likeness (QED) is 0.746. The Morgan fingerprint density at radius 2 is 1.73 bits per heavy atom. The van der Waals surface area contributed by atoms with Crippen molar-refractivity contribution in [3.63, 3.8) is 0 Å². The number of aromatic nitrogens is 2. The van der Waals surface area contributed by atoms with Crippen molar-refractivity contribution in [3.05, 3.63) is 66.5 Å². The van der Waals surface area contributed by atoms with Gasteiger partial charge in [0.05, 0.1) is 16.3 Å². The molecule has 0 aliphatic carbocycles. The lowest BCUT2D eigenvalue weighted by Gasteiger charge is -2.10. The van der Waals surface area contributed by atoms with Crippen LogP contribution in [0.5, 0.6) is 0 Å². The molecule has 0 bridgehead atoms. The minimum Gasteiger partial charge on any atom is -0.315 e. The molecule has 0 radical (unpaired) electrons. The van der Waals surface area contributed by atoms with Crippen molar-refractivity contribution < 1.29 is 8.42 Å². The minimum absolute atomic E-state index is 0.318. The molecule has 0 aliphatic heterocycles. The molecule has 0 N–H and O–H groups in total. The third-order valence-corrected chi connectivity index (χ3v) is 4.59. The van der Waals surface area contributed by atoms with Gasteiger partial charge in [0.1, 0.15) is 0 Å². The van der Waals surface area contributed by atoms with Crippen LogP contribution in [0.2, 0.25) is 0 Å². The monoisotopic (exact) mass is 312 g/mol. The molecule has 0 saturated carbocycles. The van der Waals surface area contributed by atoms with E-state index < -0.39 is 9.84 Å². The highest BCUT2D eigenvalue weighted by molar-refractivity contribution is 7.90. The molecule has 0 saturated heterocycles. The van der Waals surface area contributed by atoms with Crippen molar-refractivity contribution in [2.75, 3.05) is 6.26 Å². The first-order chi connectivity index (χ1) is 10.4. The Balaban J connectivity index is 2.03. The van der Waals surface area contributed by atoms with Crippen molar-refractivity contribution in [1.29, 1.82) is 0 Å². The number of hydrogen-bond donors (Lipinski definition) is 0. The number of rotatable bonds is 3. The zero-order valence-electron chi connectivity index (χ0n) is 12.4. The second-order valence-electron chi connectivity index (χ2n) is 5.25. The van der Waals surface area contributed by atoms with Crippen LogP contribution in [-0.4, -0.2) is 24.2 Å². The van der Waals surface area contributed by atoms with Crippen molar-refractivity contribution in [2.45, 2.75) is 11.8 Å². The number of pyridine rings is 1. The zero-order valence-corrected chi connectivity index (χ0v) is 13.2. The van der Waals surface area contributed by atoms with Crippen LogP contribution in [0.1, 0.15) is 5.56 Å². The molecule has 0 unspecified atom stereocenters. The van der Waals surface area contributed by atoms with E-state index in [-0.39, 0.29) is 0 Å². The van der Waals surface area contributed by atoms with Crippen LogP contribution in [0.3, 0.4) is 0 Å². The maximum absolute atomic E-state index is 11.5. The zero-order chi connectivity index (χ0) is 15.7. The molecule has 2 aromatic heterocycles. The number of sulfone groups is 1. The summed E-state index contributed by atoms with van der Waals surface area (Å²) in [5.41, 5.74) is 3.85. The summed E-state index contributed by atoms with van der Waals surface area (Å²) in [4.78, 5) is 4.76. The van der Waals surface area contributed by atoms with Crippen molar-refractivity contribution in [1.82, 2.24) is 9.55 Å². The molecule has 112 valence electrons. The summed E-state index contributed by atoms with van der Waals surface area (Å²) in [5, 5.41) is 0. The molecule has 0 spiro atoms. The molecule has 0 amide bonds. The van der Waals surface area contributed by atoms with E-state index in [9.17, 15) is 8.42 Å². The Bertz CT molecular complexity index is 893. The van der Waals surface area contributed by atoms with Gasteiger partial charge >= 0.3 is 0 Å². The molecule has 22 heavy (non-hydrogen) atoms. The van der Waals surface area contributed by atoms with Crippen LogP contribution in [0.25, 0.3) is 17.1 Å². The molecular weight excluding hydrogens is 296 g/mol. The number of benzene rings is 1. The molecule has 1 aromatic carbocycles. The van der Waals surface area contributed by atoms with E-state index >= 15 is 0 Å². The normalized spacial score (nSPS) is 11.5. The summed E-state index contributed by atoms with van der Waals surface area (Å²) in [7, 11) is -3.18. The highest BCUT2D eigenvalue weighted by Crippen LogP contribution is 2.23. The number of hydrogen-bond acceptors (Lipinski definition) is 3. The number of aryl methyl sites for hydroxylation is 1. The van der Waals surface area contributed by atoms with Crippen LogP contribution in [-0.2, 0) is 9.84 Å². The molecule has 5 heteroatoms. The van der Waals surface area contributed by atoms with Gasteiger partial charge in [-0.3, -0.25) is 4.98 Å². The predicted molar refractivity (Wildman–Crippen MR) is 86.8 cm³/mol. The number of nitrogens with zero attached hydrogens (tertiary/aromatic N) is 2. The maximum atomic E-state index is 11.5. The van der Waals surface area contributed by atoms with E-state index in [1.165, 1.54) is 6.26 Å². The Morgan fingerprint density at radius 3 is 2.32 bits per heavy atom. The average Bonchev–Trinajstić information content (AvgIpc) is 2.97. The summed E-state index contributed by atoms with van der Waals surface area (Å²) in [6.07, 6.45) is 4.98. The molecule has 2 heterocycles.